The van der Waals surface area contributed by atoms with E-state index in [0.717, 1.165) is 11.0 Å². The van der Waals surface area contributed by atoms with Gasteiger partial charge in [-0.1, -0.05) is 6.08 Å². The number of carbonyl (C=O) groups excluding carboxylic acids is 2. The number of aliphatic carboxylic acids is 1. The molecule has 0 saturated carbocycles. The van der Waals surface area contributed by atoms with E-state index in [2.05, 4.69) is 11.9 Å². The molecule has 2 atom stereocenters. The maximum Gasteiger partial charge on any atom is 0.408 e. The maximum atomic E-state index is 14.3. The number of amides is 2. The van der Waals surface area contributed by atoms with Gasteiger partial charge in [-0.3, -0.25) is 9.69 Å². The molecular formula is C20H25FN2O5. The van der Waals surface area contributed by atoms with Crippen molar-refractivity contribution in [3.63, 3.8) is 0 Å². The van der Waals surface area contributed by atoms with Gasteiger partial charge in [-0.15, -0.1) is 6.58 Å². The van der Waals surface area contributed by atoms with Gasteiger partial charge in [0.25, 0.3) is 0 Å². The van der Waals surface area contributed by atoms with Crippen molar-refractivity contribution in [2.24, 2.45) is 0 Å². The van der Waals surface area contributed by atoms with E-state index < -0.39 is 35.6 Å². The summed E-state index contributed by atoms with van der Waals surface area (Å²) in [5, 5.41) is 12.0. The van der Waals surface area contributed by atoms with Crippen molar-refractivity contribution in [3.8, 4) is 0 Å². The molecule has 8 heteroatoms. The highest BCUT2D eigenvalue weighted by Crippen LogP contribution is 2.31. The highest BCUT2D eigenvalue weighted by molar-refractivity contribution is 6.02. The Kier molecular flexibility index (Phi) is 6.43. The summed E-state index contributed by atoms with van der Waals surface area (Å²) in [5.74, 6) is -2.17. The summed E-state index contributed by atoms with van der Waals surface area (Å²) >= 11 is 0. The molecule has 0 bridgehead atoms. The van der Waals surface area contributed by atoms with Gasteiger partial charge in [-0.25, -0.2) is 14.0 Å². The van der Waals surface area contributed by atoms with Gasteiger partial charge in [0.1, 0.15) is 17.5 Å². The van der Waals surface area contributed by atoms with E-state index >= 15 is 0 Å². The average molecular weight is 392 g/mol. The number of carboxylic acid groups (broad SMARTS) is 1. The summed E-state index contributed by atoms with van der Waals surface area (Å²) in [4.78, 5) is 36.8. The smallest absolute Gasteiger partial charge is 0.408 e. The third kappa shape index (κ3) is 5.31. The first-order valence-corrected chi connectivity index (χ1v) is 8.97. The van der Waals surface area contributed by atoms with E-state index in [9.17, 15) is 23.9 Å². The number of halogens is 1. The lowest BCUT2D eigenvalue weighted by Gasteiger charge is -2.26. The van der Waals surface area contributed by atoms with Crippen LogP contribution < -0.4 is 10.2 Å². The molecule has 2 N–H and O–H groups in total. The molecule has 1 saturated heterocycles. The molecule has 1 aromatic carbocycles. The van der Waals surface area contributed by atoms with E-state index in [1.54, 1.807) is 26.8 Å². The standard InChI is InChI=1S/C20H25FN2O5/c1-5-6-15(22-19(27)28-20(2,3)4)12-9-13(21)11-14(10-12)23-16(18(25)26)7-8-17(23)24/h5,9-11,15-16H,1,6-8H2,2-4H3,(H,22,27)(H,25,26)/t15-,16?/m0/s1. The Morgan fingerprint density at radius 3 is 2.68 bits per heavy atom. The molecule has 28 heavy (non-hydrogen) atoms. The summed E-state index contributed by atoms with van der Waals surface area (Å²) in [7, 11) is 0. The van der Waals surface area contributed by atoms with Crippen LogP contribution in [0.5, 0.6) is 0 Å². The van der Waals surface area contributed by atoms with Crippen molar-refractivity contribution >= 4 is 23.7 Å². The Labute approximate surface area is 163 Å². The molecule has 0 radical (unpaired) electrons. The van der Waals surface area contributed by atoms with Crippen molar-refractivity contribution in [1.82, 2.24) is 5.32 Å². The predicted octanol–water partition coefficient (Wildman–Crippen LogP) is 3.55. The third-order valence-electron chi connectivity index (χ3n) is 4.18. The van der Waals surface area contributed by atoms with Crippen LogP contribution in [0, 0.1) is 5.82 Å². The highest BCUT2D eigenvalue weighted by Gasteiger charge is 2.37. The highest BCUT2D eigenvalue weighted by atomic mass is 19.1. The van der Waals surface area contributed by atoms with Crippen LogP contribution in [0.4, 0.5) is 14.9 Å². The molecule has 0 aliphatic carbocycles. The summed E-state index contributed by atoms with van der Waals surface area (Å²) in [6.45, 7) is 8.82. The van der Waals surface area contributed by atoms with Gasteiger partial charge in [0.2, 0.25) is 5.91 Å². The monoisotopic (exact) mass is 392 g/mol. The molecule has 1 unspecified atom stereocenters. The van der Waals surface area contributed by atoms with Gasteiger partial charge in [0.15, 0.2) is 0 Å². The molecule has 0 aromatic heterocycles. The Morgan fingerprint density at radius 1 is 1.43 bits per heavy atom. The number of carboxylic acids is 1. The van der Waals surface area contributed by atoms with E-state index in [4.69, 9.17) is 4.74 Å². The lowest BCUT2D eigenvalue weighted by Crippen LogP contribution is -2.39. The molecule has 1 heterocycles. The number of hydrogen-bond donors (Lipinski definition) is 2. The zero-order chi connectivity index (χ0) is 21.1. The van der Waals surface area contributed by atoms with Crippen molar-refractivity contribution in [2.75, 3.05) is 4.90 Å². The van der Waals surface area contributed by atoms with Gasteiger partial charge >= 0.3 is 12.1 Å². The Morgan fingerprint density at radius 2 is 2.11 bits per heavy atom. The molecule has 7 nitrogen and oxygen atoms in total. The first kappa shape index (κ1) is 21.4. The van der Waals surface area contributed by atoms with Crippen molar-refractivity contribution in [3.05, 3.63) is 42.2 Å². The molecule has 1 aliphatic rings. The van der Waals surface area contributed by atoms with E-state index in [1.807, 2.05) is 0 Å². The minimum Gasteiger partial charge on any atom is -0.480 e. The fraction of sp³-hybridized carbons (Fsp3) is 0.450. The lowest BCUT2D eigenvalue weighted by molar-refractivity contribution is -0.138. The third-order valence-corrected chi connectivity index (χ3v) is 4.18. The Hall–Kier alpha value is -2.90. The molecule has 1 fully saturated rings. The van der Waals surface area contributed by atoms with Crippen LogP contribution in [-0.2, 0) is 14.3 Å². The maximum absolute atomic E-state index is 14.3. The van der Waals surface area contributed by atoms with Crippen molar-refractivity contribution in [2.45, 2.75) is 57.7 Å². The Bertz CT molecular complexity index is 787. The SMILES string of the molecule is C=CC[C@H](NC(=O)OC(C)(C)C)c1cc(F)cc(N2C(=O)CCC2C(=O)O)c1. The average Bonchev–Trinajstić information content (AvgIpc) is 2.94. The molecule has 2 amide bonds. The summed E-state index contributed by atoms with van der Waals surface area (Å²) in [6, 6.07) is 2.15. The molecular weight excluding hydrogens is 367 g/mol. The van der Waals surface area contributed by atoms with Crippen LogP contribution in [0.2, 0.25) is 0 Å². The van der Waals surface area contributed by atoms with E-state index in [1.165, 1.54) is 12.1 Å². The fourth-order valence-electron chi connectivity index (χ4n) is 3.07. The molecule has 0 spiro atoms. The number of nitrogens with one attached hydrogen (secondary N) is 1. The van der Waals surface area contributed by atoms with E-state index in [0.29, 0.717) is 12.0 Å². The van der Waals surface area contributed by atoms with Crippen LogP contribution >= 0.6 is 0 Å². The number of alkyl carbamates (subject to hydrolysis) is 1. The van der Waals surface area contributed by atoms with Gasteiger partial charge in [-0.05, 0) is 57.4 Å². The van der Waals surface area contributed by atoms with Crippen LogP contribution in [-0.4, -0.2) is 34.7 Å². The van der Waals surface area contributed by atoms with Crippen molar-refractivity contribution < 1.29 is 28.6 Å². The second-order valence-electron chi connectivity index (χ2n) is 7.62. The predicted molar refractivity (Wildman–Crippen MR) is 101 cm³/mol. The zero-order valence-electron chi connectivity index (χ0n) is 16.2. The Balaban J connectivity index is 2.35. The summed E-state index contributed by atoms with van der Waals surface area (Å²) < 4.78 is 19.5. The topological polar surface area (TPSA) is 95.9 Å². The van der Waals surface area contributed by atoms with Crippen LogP contribution in [0.3, 0.4) is 0 Å². The molecule has 1 aliphatic heterocycles. The lowest BCUT2D eigenvalue weighted by atomic mass is 10.0. The van der Waals surface area contributed by atoms with Crippen LogP contribution in [0.25, 0.3) is 0 Å². The number of ether oxygens (including phenoxy) is 1. The second kappa shape index (κ2) is 8.41. The number of benzene rings is 1. The summed E-state index contributed by atoms with van der Waals surface area (Å²) in [5.41, 5.74) is -0.179. The molecule has 1 aromatic rings. The van der Waals surface area contributed by atoms with Crippen LogP contribution in [0.1, 0.15) is 51.6 Å². The van der Waals surface area contributed by atoms with Gasteiger partial charge in [-0.2, -0.15) is 0 Å². The van der Waals surface area contributed by atoms with Gasteiger partial charge in [0.05, 0.1) is 6.04 Å². The number of nitrogens with zero attached hydrogens (tertiary/aromatic N) is 1. The van der Waals surface area contributed by atoms with Crippen LogP contribution in [0.15, 0.2) is 30.9 Å². The quantitative estimate of drug-likeness (QED) is 0.722. The molecule has 2 rings (SSSR count). The fourth-order valence-corrected chi connectivity index (χ4v) is 3.07. The number of hydrogen-bond acceptors (Lipinski definition) is 4. The molecule has 152 valence electrons. The normalized spacial score (nSPS) is 17.9. The number of carbonyl (C=O) groups is 3. The largest absolute Gasteiger partial charge is 0.480 e. The minimum absolute atomic E-state index is 0.0784. The second-order valence-corrected chi connectivity index (χ2v) is 7.62. The zero-order valence-corrected chi connectivity index (χ0v) is 16.2. The first-order chi connectivity index (χ1) is 13.0. The number of anilines is 1. The van der Waals surface area contributed by atoms with Gasteiger partial charge in [0, 0.05) is 12.1 Å². The van der Waals surface area contributed by atoms with E-state index in [-0.39, 0.29) is 24.4 Å². The van der Waals surface area contributed by atoms with Crippen molar-refractivity contribution in [1.29, 1.82) is 0 Å². The number of rotatable bonds is 6. The van der Waals surface area contributed by atoms with Gasteiger partial charge < -0.3 is 15.2 Å². The summed E-state index contributed by atoms with van der Waals surface area (Å²) in [6.07, 6.45) is 1.42. The first-order valence-electron chi connectivity index (χ1n) is 8.97. The minimum atomic E-state index is -1.15.